The fraction of sp³-hybridized carbons (Fsp3) is 0.143. The molecule has 1 aromatic rings. The van der Waals surface area contributed by atoms with Crippen molar-refractivity contribution >= 4 is 27.2 Å². The quantitative estimate of drug-likeness (QED) is 0.679. The normalized spacial score (nSPS) is 12.2. The fourth-order valence-electron chi connectivity index (χ4n) is 1.91. The van der Waals surface area contributed by atoms with Crippen molar-refractivity contribution in [2.75, 3.05) is 19.4 Å². The maximum absolute atomic E-state index is 4.67. The van der Waals surface area contributed by atoms with Crippen LogP contribution in [0.15, 0.2) is 41.4 Å². The summed E-state index contributed by atoms with van der Waals surface area (Å²) in [5.41, 5.74) is 3.17. The van der Waals surface area contributed by atoms with Gasteiger partial charge in [-0.3, -0.25) is 4.99 Å². The van der Waals surface area contributed by atoms with E-state index in [9.17, 15) is 0 Å². The van der Waals surface area contributed by atoms with Gasteiger partial charge in [0.15, 0.2) is 0 Å². The zero-order valence-corrected chi connectivity index (χ0v) is 11.1. The first-order valence-corrected chi connectivity index (χ1v) is 6.57. The lowest BCUT2D eigenvalue weighted by Gasteiger charge is -2.07. The van der Waals surface area contributed by atoms with Crippen LogP contribution in [0.5, 0.6) is 0 Å². The van der Waals surface area contributed by atoms with Crippen molar-refractivity contribution in [1.82, 2.24) is 4.98 Å². The highest BCUT2D eigenvalue weighted by atomic mass is 32.1. The fourth-order valence-corrected chi connectivity index (χ4v) is 2.95. The summed E-state index contributed by atoms with van der Waals surface area (Å²) in [6.07, 6.45) is 0. The molecular weight excluding hydrogens is 242 g/mol. The summed E-state index contributed by atoms with van der Waals surface area (Å²) >= 11 is 1.75. The summed E-state index contributed by atoms with van der Waals surface area (Å²) in [6.45, 7) is 0. The first kappa shape index (κ1) is 11.2. The molecule has 1 heterocycles. The number of benzene rings is 2. The van der Waals surface area contributed by atoms with Crippen molar-refractivity contribution < 1.29 is 0 Å². The Morgan fingerprint density at radius 1 is 1.17 bits per heavy atom. The van der Waals surface area contributed by atoms with Gasteiger partial charge in [-0.15, -0.1) is 11.3 Å². The SMILES string of the molecule is CN=c1ccc2nc3ccc(NC)cc3sc-2c1. The summed E-state index contributed by atoms with van der Waals surface area (Å²) in [6, 6.07) is 12.3. The van der Waals surface area contributed by atoms with Crippen molar-refractivity contribution in [3.05, 3.63) is 41.8 Å². The second kappa shape index (κ2) is 4.38. The van der Waals surface area contributed by atoms with E-state index in [1.54, 1.807) is 18.4 Å². The van der Waals surface area contributed by atoms with Gasteiger partial charge < -0.3 is 5.32 Å². The number of hydrogen-bond acceptors (Lipinski definition) is 4. The molecular formula is C14H13N3S. The average molecular weight is 255 g/mol. The van der Waals surface area contributed by atoms with E-state index in [1.807, 2.05) is 25.2 Å². The van der Waals surface area contributed by atoms with Gasteiger partial charge in [-0.1, -0.05) is 0 Å². The third-order valence-electron chi connectivity index (χ3n) is 2.91. The van der Waals surface area contributed by atoms with E-state index in [0.717, 1.165) is 22.3 Å². The number of hydrogen-bond donors (Lipinski definition) is 1. The lowest BCUT2D eigenvalue weighted by molar-refractivity contribution is 1.26. The summed E-state index contributed by atoms with van der Waals surface area (Å²) in [5.74, 6) is 0. The van der Waals surface area contributed by atoms with Crippen LogP contribution >= 0.6 is 11.3 Å². The molecule has 1 aliphatic carbocycles. The van der Waals surface area contributed by atoms with Crippen molar-refractivity contribution in [1.29, 1.82) is 0 Å². The molecule has 18 heavy (non-hydrogen) atoms. The topological polar surface area (TPSA) is 37.3 Å². The van der Waals surface area contributed by atoms with Crippen LogP contribution in [0.4, 0.5) is 5.69 Å². The molecule has 0 amide bonds. The highest BCUT2D eigenvalue weighted by Crippen LogP contribution is 2.30. The molecule has 1 N–H and O–H groups in total. The molecule has 0 radical (unpaired) electrons. The van der Waals surface area contributed by atoms with Crippen LogP contribution in [0.2, 0.25) is 0 Å². The van der Waals surface area contributed by atoms with E-state index in [2.05, 4.69) is 33.5 Å². The van der Waals surface area contributed by atoms with Crippen LogP contribution in [0.25, 0.3) is 20.8 Å². The Labute approximate surface area is 109 Å². The lowest BCUT2D eigenvalue weighted by atomic mass is 10.2. The van der Waals surface area contributed by atoms with E-state index in [-0.39, 0.29) is 0 Å². The molecule has 0 aromatic heterocycles. The predicted molar refractivity (Wildman–Crippen MR) is 77.3 cm³/mol. The molecule has 0 fully saturated rings. The Balaban J connectivity index is 2.34. The van der Waals surface area contributed by atoms with E-state index < -0.39 is 0 Å². The molecule has 0 saturated carbocycles. The monoisotopic (exact) mass is 255 g/mol. The van der Waals surface area contributed by atoms with Gasteiger partial charge in [0.2, 0.25) is 0 Å². The smallest absolute Gasteiger partial charge is 0.0811 e. The lowest BCUT2D eigenvalue weighted by Crippen LogP contribution is -2.00. The molecule has 0 atom stereocenters. The van der Waals surface area contributed by atoms with Gasteiger partial charge in [0.05, 0.1) is 26.1 Å². The van der Waals surface area contributed by atoms with Crippen LogP contribution in [0, 0.1) is 0 Å². The van der Waals surface area contributed by atoms with Gasteiger partial charge >= 0.3 is 0 Å². The minimum Gasteiger partial charge on any atom is -0.388 e. The van der Waals surface area contributed by atoms with Gasteiger partial charge in [-0.05, 0) is 36.4 Å². The molecule has 2 aliphatic rings. The maximum Gasteiger partial charge on any atom is 0.0811 e. The molecule has 0 saturated heterocycles. The average Bonchev–Trinajstić information content (AvgIpc) is 2.43. The van der Waals surface area contributed by atoms with Crippen molar-refractivity contribution in [2.24, 2.45) is 4.99 Å². The number of rotatable bonds is 1. The van der Waals surface area contributed by atoms with Crippen LogP contribution < -0.4 is 10.7 Å². The van der Waals surface area contributed by atoms with E-state index in [1.165, 1.54) is 9.58 Å². The Bertz CT molecular complexity index is 746. The molecule has 0 bridgehead atoms. The number of nitrogens with one attached hydrogen (secondary N) is 1. The zero-order valence-electron chi connectivity index (χ0n) is 10.3. The largest absolute Gasteiger partial charge is 0.388 e. The summed E-state index contributed by atoms with van der Waals surface area (Å²) < 4.78 is 1.18. The molecule has 0 spiro atoms. The number of nitrogens with zero attached hydrogens (tertiary/aromatic N) is 2. The van der Waals surface area contributed by atoms with E-state index in [0.29, 0.717) is 0 Å². The standard InChI is InChI=1S/C14H13N3S/c1-15-9-3-5-11-13(7-9)18-14-8-10(16-2)4-6-12(14)17-11/h3-8,15H,1-2H3. The Kier molecular flexibility index (Phi) is 2.72. The van der Waals surface area contributed by atoms with Crippen molar-refractivity contribution in [3.8, 4) is 10.6 Å². The summed E-state index contributed by atoms with van der Waals surface area (Å²) in [5, 5.41) is 4.14. The predicted octanol–water partition coefficient (Wildman–Crippen LogP) is 2.97. The van der Waals surface area contributed by atoms with Crippen LogP contribution in [-0.4, -0.2) is 19.1 Å². The van der Waals surface area contributed by atoms with Gasteiger partial charge in [-0.2, -0.15) is 0 Å². The van der Waals surface area contributed by atoms with E-state index in [4.69, 9.17) is 0 Å². The molecule has 3 rings (SSSR count). The first-order chi connectivity index (χ1) is 8.80. The van der Waals surface area contributed by atoms with Gasteiger partial charge in [0.25, 0.3) is 0 Å². The molecule has 1 aromatic carbocycles. The van der Waals surface area contributed by atoms with E-state index >= 15 is 0 Å². The molecule has 0 unspecified atom stereocenters. The Hall–Kier alpha value is -1.94. The minimum atomic E-state index is 0.990. The van der Waals surface area contributed by atoms with Crippen LogP contribution in [0.1, 0.15) is 0 Å². The Morgan fingerprint density at radius 3 is 2.83 bits per heavy atom. The number of anilines is 1. The maximum atomic E-state index is 4.67. The molecule has 3 nitrogen and oxygen atoms in total. The minimum absolute atomic E-state index is 0.990. The second-order valence-electron chi connectivity index (χ2n) is 4.02. The van der Waals surface area contributed by atoms with Crippen molar-refractivity contribution in [2.45, 2.75) is 0 Å². The number of fused-ring (bicyclic) bond motifs is 2. The number of aromatic nitrogens is 1. The third kappa shape index (κ3) is 1.84. The van der Waals surface area contributed by atoms with Crippen molar-refractivity contribution in [3.63, 3.8) is 0 Å². The van der Waals surface area contributed by atoms with Gasteiger partial charge in [-0.25, -0.2) is 4.98 Å². The molecule has 1 aliphatic heterocycles. The third-order valence-corrected chi connectivity index (χ3v) is 4.00. The van der Waals surface area contributed by atoms with Crippen LogP contribution in [-0.2, 0) is 0 Å². The summed E-state index contributed by atoms with van der Waals surface area (Å²) in [7, 11) is 3.73. The highest BCUT2D eigenvalue weighted by Gasteiger charge is 2.06. The summed E-state index contributed by atoms with van der Waals surface area (Å²) in [4.78, 5) is 10.0. The Morgan fingerprint density at radius 2 is 2.06 bits per heavy atom. The van der Waals surface area contributed by atoms with Gasteiger partial charge in [0, 0.05) is 19.8 Å². The molecule has 90 valence electrons. The molecule has 4 heteroatoms. The highest BCUT2D eigenvalue weighted by molar-refractivity contribution is 7.21. The van der Waals surface area contributed by atoms with Gasteiger partial charge in [0.1, 0.15) is 0 Å². The second-order valence-corrected chi connectivity index (χ2v) is 5.11. The first-order valence-electron chi connectivity index (χ1n) is 5.75. The zero-order chi connectivity index (χ0) is 12.5. The van der Waals surface area contributed by atoms with Crippen LogP contribution in [0.3, 0.4) is 0 Å².